The zero-order valence-corrected chi connectivity index (χ0v) is 11.1. The summed E-state index contributed by atoms with van der Waals surface area (Å²) in [6.07, 6.45) is 0.263. The van der Waals surface area contributed by atoms with E-state index in [-0.39, 0.29) is 5.82 Å². The minimum atomic E-state index is -0.785. The lowest BCUT2D eigenvalue weighted by Gasteiger charge is -2.24. The highest BCUT2D eigenvalue weighted by atomic mass is 19.1. The van der Waals surface area contributed by atoms with Gasteiger partial charge in [0.1, 0.15) is 5.82 Å². The van der Waals surface area contributed by atoms with Gasteiger partial charge in [-0.1, -0.05) is 19.9 Å². The minimum absolute atomic E-state index is 0.339. The van der Waals surface area contributed by atoms with E-state index < -0.39 is 6.10 Å². The van der Waals surface area contributed by atoms with Gasteiger partial charge in [-0.15, -0.1) is 0 Å². The second kappa shape index (κ2) is 6.01. The summed E-state index contributed by atoms with van der Waals surface area (Å²) in [7, 11) is 1.93. The van der Waals surface area contributed by atoms with Crippen LogP contribution in [-0.2, 0) is 0 Å². The molecule has 0 saturated carbocycles. The molecule has 0 aliphatic carbocycles. The van der Waals surface area contributed by atoms with Crippen molar-refractivity contribution < 1.29 is 9.50 Å². The second-order valence-electron chi connectivity index (χ2n) is 4.95. The predicted molar refractivity (Wildman–Crippen MR) is 69.8 cm³/mol. The highest BCUT2D eigenvalue weighted by Crippen LogP contribution is 2.28. The zero-order valence-electron chi connectivity index (χ0n) is 11.1. The van der Waals surface area contributed by atoms with E-state index in [0.29, 0.717) is 11.5 Å². The summed E-state index contributed by atoms with van der Waals surface area (Å²) in [4.78, 5) is 2.01. The van der Waals surface area contributed by atoms with Gasteiger partial charge >= 0.3 is 0 Å². The first-order chi connectivity index (χ1) is 7.93. The Labute approximate surface area is 103 Å². The van der Waals surface area contributed by atoms with Crippen molar-refractivity contribution in [2.75, 3.05) is 18.5 Å². The first-order valence-corrected chi connectivity index (χ1v) is 6.11. The van der Waals surface area contributed by atoms with Gasteiger partial charge in [0.05, 0.1) is 6.10 Å². The highest BCUT2D eigenvalue weighted by Gasteiger charge is 2.16. The fraction of sp³-hybridized carbons (Fsp3) is 0.571. The van der Waals surface area contributed by atoms with Crippen LogP contribution in [0.4, 0.5) is 10.1 Å². The Bertz CT molecular complexity index is 363. The molecule has 0 aliphatic rings. The van der Waals surface area contributed by atoms with Crippen LogP contribution in [-0.4, -0.2) is 18.7 Å². The highest BCUT2D eigenvalue weighted by molar-refractivity contribution is 5.54. The average Bonchev–Trinajstić information content (AvgIpc) is 2.24. The monoisotopic (exact) mass is 239 g/mol. The molecule has 0 bridgehead atoms. The molecule has 0 aromatic heterocycles. The van der Waals surface area contributed by atoms with Crippen LogP contribution in [0.1, 0.15) is 38.9 Å². The number of halogens is 1. The topological polar surface area (TPSA) is 23.5 Å². The average molecular weight is 239 g/mol. The molecule has 3 heteroatoms. The summed E-state index contributed by atoms with van der Waals surface area (Å²) in [5.74, 6) is 0.273. The molecule has 1 atom stereocenters. The normalized spacial score (nSPS) is 12.9. The van der Waals surface area contributed by atoms with Crippen molar-refractivity contribution in [3.05, 3.63) is 29.6 Å². The van der Waals surface area contributed by atoms with E-state index in [4.69, 9.17) is 0 Å². The first-order valence-electron chi connectivity index (χ1n) is 6.11. The minimum Gasteiger partial charge on any atom is -0.389 e. The Morgan fingerprint density at radius 2 is 1.94 bits per heavy atom. The molecular formula is C14H22FNO. The molecule has 0 aliphatic heterocycles. The van der Waals surface area contributed by atoms with Crippen LogP contribution in [0.3, 0.4) is 0 Å². The fourth-order valence-corrected chi connectivity index (χ4v) is 1.84. The number of benzene rings is 1. The zero-order chi connectivity index (χ0) is 13.0. The Morgan fingerprint density at radius 3 is 2.47 bits per heavy atom. The van der Waals surface area contributed by atoms with Crippen molar-refractivity contribution in [3.8, 4) is 0 Å². The van der Waals surface area contributed by atoms with Crippen molar-refractivity contribution in [2.45, 2.75) is 33.3 Å². The quantitative estimate of drug-likeness (QED) is 0.851. The molecule has 1 aromatic carbocycles. The maximum Gasteiger partial charge on any atom is 0.131 e. The molecule has 0 spiro atoms. The fourth-order valence-electron chi connectivity index (χ4n) is 1.84. The van der Waals surface area contributed by atoms with Gasteiger partial charge in [0.15, 0.2) is 0 Å². The molecule has 0 radical (unpaired) electrons. The summed E-state index contributed by atoms with van der Waals surface area (Å²) >= 11 is 0. The van der Waals surface area contributed by atoms with E-state index in [0.717, 1.165) is 18.7 Å². The lowest BCUT2D eigenvalue weighted by Crippen LogP contribution is -2.22. The van der Waals surface area contributed by atoms with Gasteiger partial charge in [0.25, 0.3) is 0 Å². The molecule has 96 valence electrons. The van der Waals surface area contributed by atoms with Crippen LogP contribution < -0.4 is 4.90 Å². The molecule has 0 amide bonds. The molecule has 0 heterocycles. The van der Waals surface area contributed by atoms with Gasteiger partial charge in [0, 0.05) is 24.8 Å². The first kappa shape index (κ1) is 14.0. The standard InChI is InChI=1S/C14H22FNO/c1-10(2)8-9-16(4)13-7-5-6-12(15)14(13)11(3)17/h5-7,10-11,17H,8-9H2,1-4H3/t11-/m0/s1. The number of hydrogen-bond donors (Lipinski definition) is 1. The number of anilines is 1. The predicted octanol–water partition coefficient (Wildman–Crippen LogP) is 3.36. The van der Waals surface area contributed by atoms with Crippen LogP contribution in [0.15, 0.2) is 18.2 Å². The number of rotatable bonds is 5. The number of aliphatic hydroxyl groups excluding tert-OH is 1. The van der Waals surface area contributed by atoms with Crippen LogP contribution in [0.5, 0.6) is 0 Å². The summed E-state index contributed by atoms with van der Waals surface area (Å²) in [5.41, 5.74) is 1.17. The summed E-state index contributed by atoms with van der Waals surface area (Å²) in [5, 5.41) is 9.65. The number of nitrogens with zero attached hydrogens (tertiary/aromatic N) is 1. The van der Waals surface area contributed by atoms with E-state index in [1.165, 1.54) is 6.07 Å². The third-order valence-electron chi connectivity index (χ3n) is 2.90. The number of aliphatic hydroxyl groups is 1. The Kier molecular flexibility index (Phi) is 4.94. The SMILES string of the molecule is CC(C)CCN(C)c1cccc(F)c1[C@H](C)O. The molecule has 17 heavy (non-hydrogen) atoms. The Balaban J connectivity index is 2.92. The van der Waals surface area contributed by atoms with E-state index in [1.807, 2.05) is 18.0 Å². The molecule has 2 nitrogen and oxygen atoms in total. The maximum absolute atomic E-state index is 13.7. The Hall–Kier alpha value is -1.09. The second-order valence-corrected chi connectivity index (χ2v) is 4.95. The summed E-state index contributed by atoms with van der Waals surface area (Å²) in [6, 6.07) is 4.93. The van der Waals surface area contributed by atoms with Crippen LogP contribution in [0.2, 0.25) is 0 Å². The van der Waals surface area contributed by atoms with Gasteiger partial charge in [-0.05, 0) is 31.4 Å². The van der Waals surface area contributed by atoms with E-state index in [9.17, 15) is 9.50 Å². The lowest BCUT2D eigenvalue weighted by atomic mass is 10.1. The van der Waals surface area contributed by atoms with Crippen LogP contribution >= 0.6 is 0 Å². The molecule has 1 N–H and O–H groups in total. The molecular weight excluding hydrogens is 217 g/mol. The van der Waals surface area contributed by atoms with Crippen molar-refractivity contribution in [3.63, 3.8) is 0 Å². The third-order valence-corrected chi connectivity index (χ3v) is 2.90. The molecule has 0 fully saturated rings. The van der Waals surface area contributed by atoms with Crippen LogP contribution in [0.25, 0.3) is 0 Å². The van der Waals surface area contributed by atoms with Gasteiger partial charge in [-0.25, -0.2) is 4.39 Å². The van der Waals surface area contributed by atoms with Crippen molar-refractivity contribution in [1.82, 2.24) is 0 Å². The smallest absolute Gasteiger partial charge is 0.131 e. The van der Waals surface area contributed by atoms with Crippen molar-refractivity contribution in [1.29, 1.82) is 0 Å². The van der Waals surface area contributed by atoms with E-state index >= 15 is 0 Å². The lowest BCUT2D eigenvalue weighted by molar-refractivity contribution is 0.194. The van der Waals surface area contributed by atoms with Gasteiger partial charge in [-0.2, -0.15) is 0 Å². The van der Waals surface area contributed by atoms with Crippen LogP contribution in [0, 0.1) is 11.7 Å². The Morgan fingerprint density at radius 1 is 1.29 bits per heavy atom. The largest absolute Gasteiger partial charge is 0.389 e. The molecule has 1 aromatic rings. The number of hydrogen-bond acceptors (Lipinski definition) is 2. The molecule has 0 unspecified atom stereocenters. The van der Waals surface area contributed by atoms with Gasteiger partial charge in [0.2, 0.25) is 0 Å². The summed E-state index contributed by atoms with van der Waals surface area (Å²) < 4.78 is 13.7. The molecule has 1 rings (SSSR count). The van der Waals surface area contributed by atoms with E-state index in [2.05, 4.69) is 13.8 Å². The van der Waals surface area contributed by atoms with Gasteiger partial charge < -0.3 is 10.0 Å². The van der Waals surface area contributed by atoms with Crippen molar-refractivity contribution >= 4 is 5.69 Å². The third kappa shape index (κ3) is 3.70. The van der Waals surface area contributed by atoms with Gasteiger partial charge in [-0.3, -0.25) is 0 Å². The molecule has 0 saturated heterocycles. The van der Waals surface area contributed by atoms with Crippen molar-refractivity contribution in [2.24, 2.45) is 5.92 Å². The maximum atomic E-state index is 13.7. The van der Waals surface area contributed by atoms with E-state index in [1.54, 1.807) is 13.0 Å². The summed E-state index contributed by atoms with van der Waals surface area (Å²) in [6.45, 7) is 6.78.